The molecule has 0 saturated carbocycles. The van der Waals surface area contributed by atoms with Gasteiger partial charge in [0.25, 0.3) is 0 Å². The van der Waals surface area contributed by atoms with Crippen molar-refractivity contribution >= 4 is 14.9 Å². The van der Waals surface area contributed by atoms with Crippen molar-refractivity contribution in [1.82, 2.24) is 9.97 Å². The minimum absolute atomic E-state index is 0.303. The van der Waals surface area contributed by atoms with Gasteiger partial charge in [-0.15, -0.1) is 0 Å². The molecule has 2 atom stereocenters. The average Bonchev–Trinajstić information content (AvgIpc) is 2.86. The third kappa shape index (κ3) is 2.87. The maximum Gasteiger partial charge on any atom is 0.161 e. The molecule has 0 amide bonds. The third-order valence-corrected chi connectivity index (χ3v) is 5.00. The van der Waals surface area contributed by atoms with E-state index < -0.39 is 27.0 Å². The Morgan fingerprint density at radius 1 is 1.25 bits per heavy atom. The van der Waals surface area contributed by atoms with Crippen molar-refractivity contribution in [3.05, 3.63) is 47.8 Å². The van der Waals surface area contributed by atoms with Crippen LogP contribution in [0.25, 0.3) is 0 Å². The van der Waals surface area contributed by atoms with Crippen LogP contribution in [0.15, 0.2) is 29.6 Å². The highest BCUT2D eigenvalue weighted by Gasteiger charge is 2.17. The first-order valence-corrected chi connectivity index (χ1v) is 7.81. The van der Waals surface area contributed by atoms with Crippen molar-refractivity contribution in [1.29, 1.82) is 0 Å². The van der Waals surface area contributed by atoms with Crippen LogP contribution in [0.2, 0.25) is 0 Å². The monoisotopic (exact) mass is 302 g/mol. The molecular weight excluding hydrogens is 289 g/mol. The van der Waals surface area contributed by atoms with Crippen LogP contribution in [-0.2, 0) is 9.52 Å². The predicted molar refractivity (Wildman–Crippen MR) is 71.7 cm³/mol. The SMILES string of the molecule is CC(C=S(C)(=O)c1cc(F)c(F)cc1F)c1cnc[nH]1. The lowest BCUT2D eigenvalue weighted by atomic mass is 10.2. The first-order chi connectivity index (χ1) is 9.31. The Morgan fingerprint density at radius 2 is 1.90 bits per heavy atom. The number of H-pyrrole nitrogens is 1. The quantitative estimate of drug-likeness (QED) is 0.700. The summed E-state index contributed by atoms with van der Waals surface area (Å²) >= 11 is 0. The minimum Gasteiger partial charge on any atom is -0.348 e. The molecule has 0 bridgehead atoms. The van der Waals surface area contributed by atoms with Crippen molar-refractivity contribution in [3.8, 4) is 0 Å². The van der Waals surface area contributed by atoms with Gasteiger partial charge in [0.2, 0.25) is 0 Å². The van der Waals surface area contributed by atoms with Crippen LogP contribution in [0.4, 0.5) is 13.2 Å². The van der Waals surface area contributed by atoms with E-state index in [9.17, 15) is 17.4 Å². The van der Waals surface area contributed by atoms with Crippen LogP contribution in [-0.4, -0.2) is 25.8 Å². The molecule has 0 saturated heterocycles. The van der Waals surface area contributed by atoms with E-state index in [1.165, 1.54) is 18.0 Å². The number of imidazole rings is 1. The molecule has 7 heteroatoms. The molecule has 1 aromatic heterocycles. The molecule has 1 N–H and O–H groups in total. The number of nitrogens with zero attached hydrogens (tertiary/aromatic N) is 1. The molecule has 1 heterocycles. The summed E-state index contributed by atoms with van der Waals surface area (Å²) in [5, 5.41) is 1.40. The fourth-order valence-corrected chi connectivity index (χ4v) is 3.72. The topological polar surface area (TPSA) is 45.8 Å². The second-order valence-corrected chi connectivity index (χ2v) is 7.05. The standard InChI is InChI=1S/C13H13F3N2OS/c1-8(12-5-17-7-18-12)6-20(2,19)13-4-10(15)9(14)3-11(13)16/h3-8H,1-2H3,(H,17,18). The second kappa shape index (κ2) is 5.32. The van der Waals surface area contributed by atoms with Crippen molar-refractivity contribution < 1.29 is 17.4 Å². The highest BCUT2D eigenvalue weighted by atomic mass is 32.2. The van der Waals surface area contributed by atoms with E-state index in [4.69, 9.17) is 0 Å². The molecule has 0 aliphatic rings. The maximum absolute atomic E-state index is 13.7. The largest absolute Gasteiger partial charge is 0.348 e. The van der Waals surface area contributed by atoms with E-state index in [1.54, 1.807) is 13.1 Å². The second-order valence-electron chi connectivity index (χ2n) is 4.53. The summed E-state index contributed by atoms with van der Waals surface area (Å²) in [4.78, 5) is 6.34. The van der Waals surface area contributed by atoms with Crippen LogP contribution >= 0.6 is 0 Å². The number of halogens is 3. The maximum atomic E-state index is 13.7. The molecule has 3 nitrogen and oxygen atoms in total. The molecule has 20 heavy (non-hydrogen) atoms. The Labute approximate surface area is 114 Å². The van der Waals surface area contributed by atoms with Crippen LogP contribution in [0.5, 0.6) is 0 Å². The fourth-order valence-electron chi connectivity index (χ4n) is 1.87. The molecule has 2 aromatic rings. The summed E-state index contributed by atoms with van der Waals surface area (Å²) in [5.74, 6) is -3.85. The van der Waals surface area contributed by atoms with Gasteiger partial charge in [0.05, 0.1) is 11.2 Å². The number of hydrogen-bond acceptors (Lipinski definition) is 2. The summed E-state index contributed by atoms with van der Waals surface area (Å²) in [6, 6.07) is 1.05. The number of nitrogens with one attached hydrogen (secondary N) is 1. The van der Waals surface area contributed by atoms with Gasteiger partial charge in [-0.25, -0.2) is 18.2 Å². The van der Waals surface area contributed by atoms with Gasteiger partial charge in [0.15, 0.2) is 11.6 Å². The lowest BCUT2D eigenvalue weighted by Gasteiger charge is -2.11. The van der Waals surface area contributed by atoms with E-state index in [-0.39, 0.29) is 10.8 Å². The van der Waals surface area contributed by atoms with Crippen LogP contribution < -0.4 is 0 Å². The summed E-state index contributed by atoms with van der Waals surface area (Å²) in [7, 11) is -2.96. The van der Waals surface area contributed by atoms with Crippen molar-refractivity contribution in [2.24, 2.45) is 0 Å². The fraction of sp³-hybridized carbons (Fsp3) is 0.231. The van der Waals surface area contributed by atoms with Crippen molar-refractivity contribution in [3.63, 3.8) is 0 Å². The summed E-state index contributed by atoms with van der Waals surface area (Å²) in [6.45, 7) is 1.74. The van der Waals surface area contributed by atoms with Gasteiger partial charge < -0.3 is 4.98 Å². The highest BCUT2D eigenvalue weighted by Crippen LogP contribution is 2.21. The number of aromatic amines is 1. The molecule has 0 aliphatic heterocycles. The molecule has 108 valence electrons. The Balaban J connectivity index is 2.50. The van der Waals surface area contributed by atoms with Gasteiger partial charge in [-0.1, -0.05) is 6.92 Å². The first-order valence-electron chi connectivity index (χ1n) is 5.78. The van der Waals surface area contributed by atoms with E-state index in [0.717, 1.165) is 0 Å². The highest BCUT2D eigenvalue weighted by molar-refractivity contribution is 8.00. The summed E-state index contributed by atoms with van der Waals surface area (Å²) < 4.78 is 52.4. The lowest BCUT2D eigenvalue weighted by Crippen LogP contribution is -2.10. The van der Waals surface area contributed by atoms with Gasteiger partial charge >= 0.3 is 0 Å². The zero-order valence-corrected chi connectivity index (χ0v) is 11.7. The van der Waals surface area contributed by atoms with Crippen LogP contribution in [0.3, 0.4) is 0 Å². The predicted octanol–water partition coefficient (Wildman–Crippen LogP) is 2.71. The zero-order valence-electron chi connectivity index (χ0n) is 10.9. The third-order valence-electron chi connectivity index (χ3n) is 2.89. The molecule has 0 aliphatic carbocycles. The molecule has 0 fully saturated rings. The summed E-state index contributed by atoms with van der Waals surface area (Å²) in [5.41, 5.74) is 0.697. The van der Waals surface area contributed by atoms with Gasteiger partial charge in [-0.05, 0) is 21.0 Å². The van der Waals surface area contributed by atoms with Gasteiger partial charge in [-0.3, -0.25) is 4.21 Å². The number of benzene rings is 1. The Kier molecular flexibility index (Phi) is 3.89. The lowest BCUT2D eigenvalue weighted by molar-refractivity contribution is 0.485. The summed E-state index contributed by atoms with van der Waals surface area (Å²) in [6.07, 6.45) is 4.31. The minimum atomic E-state index is -2.96. The van der Waals surface area contributed by atoms with E-state index in [2.05, 4.69) is 9.97 Å². The normalized spacial score (nSPS) is 15.7. The number of rotatable bonds is 3. The molecule has 1 aromatic carbocycles. The molecule has 0 radical (unpaired) electrons. The smallest absolute Gasteiger partial charge is 0.161 e. The van der Waals surface area contributed by atoms with Crippen molar-refractivity contribution in [2.75, 3.05) is 6.26 Å². The van der Waals surface area contributed by atoms with E-state index in [1.807, 2.05) is 0 Å². The molecule has 0 spiro atoms. The first kappa shape index (κ1) is 14.6. The van der Waals surface area contributed by atoms with Gasteiger partial charge in [0, 0.05) is 30.1 Å². The van der Waals surface area contributed by atoms with Crippen molar-refractivity contribution in [2.45, 2.75) is 17.7 Å². The van der Waals surface area contributed by atoms with Gasteiger partial charge in [-0.2, -0.15) is 0 Å². The molecular formula is C13H13F3N2OS. The average molecular weight is 302 g/mol. The van der Waals surface area contributed by atoms with E-state index >= 15 is 0 Å². The molecule has 2 rings (SSSR count). The van der Waals surface area contributed by atoms with Crippen LogP contribution in [0, 0.1) is 17.5 Å². The molecule has 2 unspecified atom stereocenters. The zero-order chi connectivity index (χ0) is 14.9. The van der Waals surface area contributed by atoms with Crippen LogP contribution in [0.1, 0.15) is 18.5 Å². The number of aromatic nitrogens is 2. The Bertz CT molecular complexity index is 734. The Hall–Kier alpha value is -1.76. The van der Waals surface area contributed by atoms with E-state index in [0.29, 0.717) is 17.8 Å². The van der Waals surface area contributed by atoms with Gasteiger partial charge in [0.1, 0.15) is 5.82 Å². The Morgan fingerprint density at radius 3 is 2.50 bits per heavy atom. The number of hydrogen-bond donors (Lipinski definition) is 1.